The third kappa shape index (κ3) is 2.68. The maximum atomic E-state index is 12.3. The van der Waals surface area contributed by atoms with E-state index in [-0.39, 0.29) is 17.4 Å². The molecule has 0 spiro atoms. The zero-order valence-electron chi connectivity index (χ0n) is 12.1. The number of carbonyl (C=O) groups is 1. The number of para-hydroxylation sites is 1. The van der Waals surface area contributed by atoms with Crippen LogP contribution in [0.3, 0.4) is 0 Å². The zero-order valence-corrected chi connectivity index (χ0v) is 12.1. The summed E-state index contributed by atoms with van der Waals surface area (Å²) in [6.45, 7) is 2.95. The first-order valence-electron chi connectivity index (χ1n) is 7.45. The molecule has 5 heteroatoms. The van der Waals surface area contributed by atoms with Crippen LogP contribution in [0.1, 0.15) is 32.0 Å². The second-order valence-electron chi connectivity index (χ2n) is 5.51. The molecule has 5 nitrogen and oxygen atoms in total. The molecule has 3 rings (SSSR count). The largest absolute Gasteiger partial charge is 0.335 e. The third-order valence-corrected chi connectivity index (χ3v) is 4.15. The number of amides is 1. The Morgan fingerprint density at radius 2 is 2.14 bits per heavy atom. The maximum absolute atomic E-state index is 12.3. The second kappa shape index (κ2) is 5.68. The molecular weight excluding hydrogens is 266 g/mol. The van der Waals surface area contributed by atoms with Crippen LogP contribution in [0.2, 0.25) is 0 Å². The summed E-state index contributed by atoms with van der Waals surface area (Å²) in [5, 5.41) is 0.578. The first-order chi connectivity index (χ1) is 10.2. The number of hydrogen-bond acceptors (Lipinski definition) is 3. The van der Waals surface area contributed by atoms with E-state index < -0.39 is 0 Å². The molecule has 1 saturated carbocycles. The predicted octanol–water partition coefficient (Wildman–Crippen LogP) is 2.07. The van der Waals surface area contributed by atoms with E-state index in [1.165, 1.54) is 0 Å². The molecule has 1 aromatic carbocycles. The summed E-state index contributed by atoms with van der Waals surface area (Å²) >= 11 is 0. The molecular formula is C16H19N3O2. The van der Waals surface area contributed by atoms with Crippen LogP contribution in [-0.2, 0) is 11.3 Å². The summed E-state index contributed by atoms with van der Waals surface area (Å²) in [5.74, 6) is 0.893. The van der Waals surface area contributed by atoms with Crippen molar-refractivity contribution in [3.05, 3.63) is 40.4 Å². The Morgan fingerprint density at radius 1 is 1.38 bits per heavy atom. The molecule has 0 atom stereocenters. The molecule has 0 bridgehead atoms. The number of carbonyl (C=O) groups excluding carboxylic acids is 1. The highest BCUT2D eigenvalue weighted by atomic mass is 16.2. The fourth-order valence-corrected chi connectivity index (χ4v) is 2.65. The summed E-state index contributed by atoms with van der Waals surface area (Å²) in [6, 6.07) is 7.24. The number of rotatable bonds is 4. The van der Waals surface area contributed by atoms with Crippen molar-refractivity contribution >= 4 is 16.8 Å². The summed E-state index contributed by atoms with van der Waals surface area (Å²) in [6.07, 6.45) is 3.10. The fraction of sp³-hybridized carbons (Fsp3) is 0.438. The molecule has 0 unspecified atom stereocenters. The second-order valence-corrected chi connectivity index (χ2v) is 5.51. The topological polar surface area (TPSA) is 66.1 Å². The van der Waals surface area contributed by atoms with Gasteiger partial charge in [0.2, 0.25) is 5.91 Å². The molecule has 1 aliphatic rings. The first-order valence-corrected chi connectivity index (χ1v) is 7.45. The van der Waals surface area contributed by atoms with E-state index >= 15 is 0 Å². The van der Waals surface area contributed by atoms with Gasteiger partial charge in [-0.15, -0.1) is 0 Å². The number of H-pyrrole nitrogens is 1. The Hall–Kier alpha value is -2.17. The van der Waals surface area contributed by atoms with Crippen LogP contribution >= 0.6 is 0 Å². The van der Waals surface area contributed by atoms with Gasteiger partial charge in [-0.25, -0.2) is 4.98 Å². The van der Waals surface area contributed by atoms with Crippen LogP contribution < -0.4 is 5.56 Å². The van der Waals surface area contributed by atoms with Gasteiger partial charge in [0.05, 0.1) is 17.4 Å². The molecule has 0 saturated heterocycles. The van der Waals surface area contributed by atoms with Crippen molar-refractivity contribution < 1.29 is 4.79 Å². The number of hydrogen-bond donors (Lipinski definition) is 1. The van der Waals surface area contributed by atoms with Crippen molar-refractivity contribution in [1.29, 1.82) is 0 Å². The lowest BCUT2D eigenvalue weighted by molar-refractivity contribution is -0.138. The van der Waals surface area contributed by atoms with Gasteiger partial charge in [0, 0.05) is 12.5 Å². The number of aromatic nitrogens is 2. The van der Waals surface area contributed by atoms with Gasteiger partial charge in [-0.2, -0.15) is 0 Å². The predicted molar refractivity (Wildman–Crippen MR) is 80.8 cm³/mol. The van der Waals surface area contributed by atoms with Crippen molar-refractivity contribution in [2.75, 3.05) is 6.54 Å². The number of benzene rings is 1. The van der Waals surface area contributed by atoms with Gasteiger partial charge in [-0.05, 0) is 31.9 Å². The van der Waals surface area contributed by atoms with Gasteiger partial charge >= 0.3 is 0 Å². The highest BCUT2D eigenvalue weighted by Crippen LogP contribution is 2.28. The normalized spacial score (nSPS) is 14.9. The summed E-state index contributed by atoms with van der Waals surface area (Å²) in [5.41, 5.74) is 0.520. The minimum Gasteiger partial charge on any atom is -0.335 e. The Balaban J connectivity index is 1.86. The van der Waals surface area contributed by atoms with Crippen LogP contribution in [0.4, 0.5) is 0 Å². The fourth-order valence-electron chi connectivity index (χ4n) is 2.65. The molecule has 0 radical (unpaired) electrons. The smallest absolute Gasteiger partial charge is 0.258 e. The van der Waals surface area contributed by atoms with Crippen LogP contribution in [0, 0.1) is 5.92 Å². The Kier molecular flexibility index (Phi) is 3.73. The summed E-state index contributed by atoms with van der Waals surface area (Å²) in [4.78, 5) is 33.4. The molecule has 1 aliphatic carbocycles. The molecule has 21 heavy (non-hydrogen) atoms. The quantitative estimate of drug-likeness (QED) is 0.935. The summed E-state index contributed by atoms with van der Waals surface area (Å²) in [7, 11) is 0. The number of aromatic amines is 1. The van der Waals surface area contributed by atoms with Crippen LogP contribution in [0.15, 0.2) is 29.1 Å². The monoisotopic (exact) mass is 285 g/mol. The maximum Gasteiger partial charge on any atom is 0.258 e. The molecule has 110 valence electrons. The van der Waals surface area contributed by atoms with Crippen molar-refractivity contribution in [3.8, 4) is 0 Å². The van der Waals surface area contributed by atoms with Crippen LogP contribution in [0.5, 0.6) is 0 Å². The lowest BCUT2D eigenvalue weighted by atomic mass is 9.84. The van der Waals surface area contributed by atoms with E-state index in [4.69, 9.17) is 0 Å². The van der Waals surface area contributed by atoms with Crippen LogP contribution in [-0.4, -0.2) is 27.3 Å². The van der Waals surface area contributed by atoms with Gasteiger partial charge in [0.1, 0.15) is 5.82 Å². The minimum absolute atomic E-state index is 0.150. The average molecular weight is 285 g/mol. The lowest BCUT2D eigenvalue weighted by Crippen LogP contribution is -2.39. The van der Waals surface area contributed by atoms with E-state index in [1.54, 1.807) is 11.0 Å². The summed E-state index contributed by atoms with van der Waals surface area (Å²) < 4.78 is 0. The van der Waals surface area contributed by atoms with Crippen molar-refractivity contribution in [2.24, 2.45) is 5.92 Å². The van der Waals surface area contributed by atoms with E-state index in [9.17, 15) is 9.59 Å². The average Bonchev–Trinajstić information content (AvgIpc) is 2.43. The standard InChI is InChI=1S/C16H19N3O2/c1-2-19(16(21)11-6-5-7-11)10-14-17-13-9-4-3-8-12(13)15(20)18-14/h3-4,8-9,11H,2,5-7,10H2,1H3,(H,17,18,20). The van der Waals surface area contributed by atoms with Crippen LogP contribution in [0.25, 0.3) is 10.9 Å². The third-order valence-electron chi connectivity index (χ3n) is 4.15. The molecule has 2 aromatic rings. The number of nitrogens with zero attached hydrogens (tertiary/aromatic N) is 2. The highest BCUT2D eigenvalue weighted by Gasteiger charge is 2.29. The molecule has 1 N–H and O–H groups in total. The van der Waals surface area contributed by atoms with E-state index in [2.05, 4.69) is 9.97 Å². The SMILES string of the molecule is CCN(Cc1nc2ccccc2c(=O)[nH]1)C(=O)C1CCC1. The number of fused-ring (bicyclic) bond motifs is 1. The molecule has 0 aliphatic heterocycles. The van der Waals surface area contributed by atoms with E-state index in [1.807, 2.05) is 25.1 Å². The molecule has 1 fully saturated rings. The highest BCUT2D eigenvalue weighted by molar-refractivity contribution is 5.80. The zero-order chi connectivity index (χ0) is 14.8. The van der Waals surface area contributed by atoms with Gasteiger partial charge in [-0.3, -0.25) is 9.59 Å². The number of nitrogens with one attached hydrogen (secondary N) is 1. The first kappa shape index (κ1) is 13.8. The van der Waals surface area contributed by atoms with Gasteiger partial charge in [0.15, 0.2) is 0 Å². The minimum atomic E-state index is -0.150. The Morgan fingerprint density at radius 3 is 2.81 bits per heavy atom. The van der Waals surface area contributed by atoms with Gasteiger partial charge in [-0.1, -0.05) is 18.6 Å². The van der Waals surface area contributed by atoms with Gasteiger partial charge < -0.3 is 9.88 Å². The van der Waals surface area contributed by atoms with Crippen molar-refractivity contribution in [1.82, 2.24) is 14.9 Å². The Labute approximate surface area is 123 Å². The van der Waals surface area contributed by atoms with E-state index in [0.29, 0.717) is 29.8 Å². The molecule has 1 amide bonds. The van der Waals surface area contributed by atoms with Crippen molar-refractivity contribution in [3.63, 3.8) is 0 Å². The molecule has 1 aromatic heterocycles. The lowest BCUT2D eigenvalue weighted by Gasteiger charge is -2.30. The molecule has 1 heterocycles. The van der Waals surface area contributed by atoms with Crippen molar-refractivity contribution in [2.45, 2.75) is 32.7 Å². The Bertz CT molecular complexity index is 719. The van der Waals surface area contributed by atoms with E-state index in [0.717, 1.165) is 19.3 Å². The van der Waals surface area contributed by atoms with Gasteiger partial charge in [0.25, 0.3) is 5.56 Å².